The lowest BCUT2D eigenvalue weighted by Crippen LogP contribution is -2.58. The summed E-state index contributed by atoms with van der Waals surface area (Å²) in [4.78, 5) is 31.1. The molecule has 0 spiro atoms. The molecule has 7 unspecified atom stereocenters. The maximum Gasteiger partial charge on any atom is 0.245 e. The second-order valence-electron chi connectivity index (χ2n) is 10.1. The Kier molecular flexibility index (Phi) is 10.3. The highest BCUT2D eigenvalue weighted by Gasteiger charge is 2.45. The van der Waals surface area contributed by atoms with Gasteiger partial charge >= 0.3 is 0 Å². The SMILES string of the molecule is CC1CCC(F)C2CC(C(=O)NC3CCCC(N4CCCC4)C3)NOC12.CCNC(=O)CO. The number of likely N-dealkylation sites (N-methyl/N-ethyl adjacent to an activating group) is 1. The monoisotopic (exact) mass is 470 g/mol. The molecule has 9 heteroatoms. The molecular formula is C24H43FN4O4. The summed E-state index contributed by atoms with van der Waals surface area (Å²) in [5, 5.41) is 13.7. The second kappa shape index (κ2) is 13.0. The first-order chi connectivity index (χ1) is 15.9. The van der Waals surface area contributed by atoms with Gasteiger partial charge < -0.3 is 20.6 Å². The van der Waals surface area contributed by atoms with Crippen LogP contribution in [0.1, 0.15) is 71.6 Å². The van der Waals surface area contributed by atoms with E-state index >= 15 is 0 Å². The summed E-state index contributed by atoms with van der Waals surface area (Å²) in [6.45, 7) is 6.51. The molecule has 4 rings (SSSR count). The normalized spacial score (nSPS) is 36.8. The molecule has 2 amide bonds. The fraction of sp³-hybridized carbons (Fsp3) is 0.917. The van der Waals surface area contributed by atoms with E-state index in [1.807, 2.05) is 0 Å². The Morgan fingerprint density at radius 3 is 2.55 bits per heavy atom. The molecule has 4 fully saturated rings. The van der Waals surface area contributed by atoms with Crippen LogP contribution in [0.3, 0.4) is 0 Å². The van der Waals surface area contributed by atoms with Crippen molar-refractivity contribution in [3.63, 3.8) is 0 Å². The fourth-order valence-corrected chi connectivity index (χ4v) is 5.84. The van der Waals surface area contributed by atoms with E-state index in [1.165, 1.54) is 38.8 Å². The van der Waals surface area contributed by atoms with Gasteiger partial charge in [-0.05, 0) is 83.7 Å². The van der Waals surface area contributed by atoms with E-state index in [0.717, 1.165) is 19.3 Å². The van der Waals surface area contributed by atoms with E-state index in [1.54, 1.807) is 6.92 Å². The van der Waals surface area contributed by atoms with Gasteiger partial charge in [-0.2, -0.15) is 5.48 Å². The van der Waals surface area contributed by atoms with Crippen LogP contribution in [0.2, 0.25) is 0 Å². The van der Waals surface area contributed by atoms with Crippen LogP contribution in [-0.2, 0) is 14.4 Å². The number of halogens is 1. The molecule has 2 aliphatic heterocycles. The third kappa shape index (κ3) is 7.34. The molecule has 4 aliphatic rings. The third-order valence-corrected chi connectivity index (χ3v) is 7.68. The summed E-state index contributed by atoms with van der Waals surface area (Å²) in [7, 11) is 0. The van der Waals surface area contributed by atoms with Crippen LogP contribution in [0, 0.1) is 11.8 Å². The van der Waals surface area contributed by atoms with Crippen molar-refractivity contribution in [1.29, 1.82) is 0 Å². The highest BCUT2D eigenvalue weighted by Crippen LogP contribution is 2.38. The zero-order valence-electron chi connectivity index (χ0n) is 20.2. The van der Waals surface area contributed by atoms with Crippen molar-refractivity contribution in [3.8, 4) is 0 Å². The van der Waals surface area contributed by atoms with Crippen molar-refractivity contribution in [2.24, 2.45) is 11.8 Å². The number of likely N-dealkylation sites (tertiary alicyclic amines) is 1. The zero-order chi connectivity index (χ0) is 23.8. The van der Waals surface area contributed by atoms with E-state index in [0.29, 0.717) is 31.3 Å². The summed E-state index contributed by atoms with van der Waals surface area (Å²) in [5.41, 5.74) is 2.94. The second-order valence-corrected chi connectivity index (χ2v) is 10.1. The minimum absolute atomic E-state index is 0.0130. The quantitative estimate of drug-likeness (QED) is 0.488. The molecule has 190 valence electrons. The lowest BCUT2D eigenvalue weighted by molar-refractivity contribution is -0.172. The zero-order valence-corrected chi connectivity index (χ0v) is 20.2. The molecule has 0 aromatic rings. The van der Waals surface area contributed by atoms with E-state index in [4.69, 9.17) is 9.94 Å². The van der Waals surface area contributed by atoms with Crippen molar-refractivity contribution < 1.29 is 23.9 Å². The smallest absolute Gasteiger partial charge is 0.245 e. The molecule has 33 heavy (non-hydrogen) atoms. The molecule has 0 aromatic carbocycles. The number of carbonyl (C=O) groups excluding carboxylic acids is 2. The summed E-state index contributed by atoms with van der Waals surface area (Å²) < 4.78 is 14.4. The molecule has 2 saturated carbocycles. The first-order valence-electron chi connectivity index (χ1n) is 12.9. The molecule has 7 atom stereocenters. The van der Waals surface area contributed by atoms with Crippen LogP contribution in [0.4, 0.5) is 4.39 Å². The van der Waals surface area contributed by atoms with Crippen LogP contribution in [0.25, 0.3) is 0 Å². The molecule has 8 nitrogen and oxygen atoms in total. The predicted octanol–water partition coefficient (Wildman–Crippen LogP) is 1.67. The molecule has 4 N–H and O–H groups in total. The number of hydroxylamine groups is 1. The topological polar surface area (TPSA) is 103 Å². The minimum atomic E-state index is -0.845. The Labute approximate surface area is 197 Å². The largest absolute Gasteiger partial charge is 0.387 e. The summed E-state index contributed by atoms with van der Waals surface area (Å²) in [6, 6.07) is 0.436. The van der Waals surface area contributed by atoms with Crippen molar-refractivity contribution in [1.82, 2.24) is 21.0 Å². The number of amides is 2. The van der Waals surface area contributed by atoms with Crippen molar-refractivity contribution in [3.05, 3.63) is 0 Å². The first-order valence-corrected chi connectivity index (χ1v) is 12.9. The van der Waals surface area contributed by atoms with Gasteiger partial charge in [0.25, 0.3) is 0 Å². The minimum Gasteiger partial charge on any atom is -0.387 e. The fourth-order valence-electron chi connectivity index (χ4n) is 5.84. The first kappa shape index (κ1) is 26.3. The molecule has 0 radical (unpaired) electrons. The molecule has 0 bridgehead atoms. The van der Waals surface area contributed by atoms with Gasteiger partial charge in [-0.1, -0.05) is 6.92 Å². The number of rotatable bonds is 5. The van der Waals surface area contributed by atoms with Gasteiger partial charge in [0.05, 0.1) is 6.10 Å². The Balaban J connectivity index is 0.000000383. The van der Waals surface area contributed by atoms with E-state index < -0.39 is 18.8 Å². The van der Waals surface area contributed by atoms with Crippen LogP contribution in [-0.4, -0.2) is 78.5 Å². The molecule has 2 saturated heterocycles. The lowest BCUT2D eigenvalue weighted by atomic mass is 9.75. The molecule has 2 aliphatic carbocycles. The van der Waals surface area contributed by atoms with Crippen molar-refractivity contribution in [2.75, 3.05) is 26.2 Å². The lowest BCUT2D eigenvalue weighted by Gasteiger charge is -2.44. The highest BCUT2D eigenvalue weighted by molar-refractivity contribution is 5.82. The van der Waals surface area contributed by atoms with Crippen molar-refractivity contribution in [2.45, 2.75) is 102 Å². The standard InChI is InChI=1S/C20H34FN3O2.C4H9NO2/c1-13-7-8-17(21)16-12-18(23-26-19(13)16)20(25)22-14-5-4-6-15(11-14)24-9-2-3-10-24;1-2-5-4(7)3-6/h13-19,23H,2-12H2,1H3,(H,22,25);6H,2-3H2,1H3,(H,5,7). The number of hydrogen-bond acceptors (Lipinski definition) is 6. The van der Waals surface area contributed by atoms with Gasteiger partial charge in [0.15, 0.2) is 0 Å². The average molecular weight is 471 g/mol. The van der Waals surface area contributed by atoms with E-state index in [-0.39, 0.29) is 29.9 Å². The van der Waals surface area contributed by atoms with Gasteiger partial charge in [-0.3, -0.25) is 14.4 Å². The van der Waals surface area contributed by atoms with Crippen LogP contribution in [0.15, 0.2) is 0 Å². The maximum atomic E-state index is 14.4. The summed E-state index contributed by atoms with van der Waals surface area (Å²) >= 11 is 0. The Morgan fingerprint density at radius 1 is 1.12 bits per heavy atom. The highest BCUT2D eigenvalue weighted by atomic mass is 19.1. The number of fused-ring (bicyclic) bond motifs is 1. The van der Waals surface area contributed by atoms with Gasteiger partial charge in [-0.25, -0.2) is 4.39 Å². The Hall–Kier alpha value is -1.29. The maximum absolute atomic E-state index is 14.4. The number of aliphatic hydroxyl groups is 1. The number of nitrogens with zero attached hydrogens (tertiary/aromatic N) is 1. The van der Waals surface area contributed by atoms with Gasteiger partial charge in [0.1, 0.15) is 18.8 Å². The van der Waals surface area contributed by atoms with Crippen LogP contribution < -0.4 is 16.1 Å². The molecule has 0 aromatic heterocycles. The third-order valence-electron chi connectivity index (χ3n) is 7.68. The van der Waals surface area contributed by atoms with Gasteiger partial charge in [0, 0.05) is 24.5 Å². The number of aliphatic hydroxyl groups excluding tert-OH is 1. The van der Waals surface area contributed by atoms with Gasteiger partial charge in [0.2, 0.25) is 11.8 Å². The number of carbonyl (C=O) groups is 2. The van der Waals surface area contributed by atoms with E-state index in [2.05, 4.69) is 27.9 Å². The van der Waals surface area contributed by atoms with Crippen molar-refractivity contribution >= 4 is 11.8 Å². The summed E-state index contributed by atoms with van der Waals surface area (Å²) in [6.07, 6.45) is 8.21. The van der Waals surface area contributed by atoms with Gasteiger partial charge in [-0.15, -0.1) is 0 Å². The van der Waals surface area contributed by atoms with Crippen LogP contribution in [0.5, 0.6) is 0 Å². The average Bonchev–Trinajstić information content (AvgIpc) is 3.37. The molecule has 2 heterocycles. The predicted molar refractivity (Wildman–Crippen MR) is 124 cm³/mol. The Morgan fingerprint density at radius 2 is 1.88 bits per heavy atom. The number of nitrogens with one attached hydrogen (secondary N) is 3. The molecular weight excluding hydrogens is 427 g/mol. The number of alkyl halides is 1. The van der Waals surface area contributed by atoms with Crippen LogP contribution >= 0.6 is 0 Å². The Bertz CT molecular complexity index is 634. The number of hydrogen-bond donors (Lipinski definition) is 4. The summed E-state index contributed by atoms with van der Waals surface area (Å²) in [5.74, 6) is -0.133. The van der Waals surface area contributed by atoms with E-state index in [9.17, 15) is 14.0 Å².